The molecule has 1 amide bonds. The molecule has 0 spiro atoms. The van der Waals surface area contributed by atoms with Crippen molar-refractivity contribution in [3.8, 4) is 0 Å². The van der Waals surface area contributed by atoms with Crippen LogP contribution in [0.15, 0.2) is 42.5 Å². The molecule has 0 saturated heterocycles. The van der Waals surface area contributed by atoms with E-state index in [1.807, 2.05) is 19.1 Å². The lowest BCUT2D eigenvalue weighted by atomic mass is 10.1. The molecule has 2 rings (SSSR count). The smallest absolute Gasteiger partial charge is 0.251 e. The van der Waals surface area contributed by atoms with E-state index < -0.39 is 10.0 Å². The summed E-state index contributed by atoms with van der Waals surface area (Å²) in [5, 5.41) is 3.67. The number of hydrogen-bond donors (Lipinski definition) is 2. The van der Waals surface area contributed by atoms with Crippen molar-refractivity contribution in [2.45, 2.75) is 13.0 Å². The summed E-state index contributed by atoms with van der Waals surface area (Å²) in [6, 6.07) is 11.3. The molecule has 24 heavy (non-hydrogen) atoms. The topological polar surface area (TPSA) is 75.3 Å². The second-order valence-electron chi connectivity index (χ2n) is 5.32. The van der Waals surface area contributed by atoms with Crippen LogP contribution in [-0.2, 0) is 10.0 Å². The molecule has 2 aromatic rings. The molecule has 1 atom stereocenters. The molecule has 5 nitrogen and oxygen atoms in total. The lowest BCUT2D eigenvalue weighted by Crippen LogP contribution is -2.26. The Bertz CT molecular complexity index is 852. The van der Waals surface area contributed by atoms with E-state index in [1.165, 1.54) is 18.2 Å². The lowest BCUT2D eigenvalue weighted by Gasteiger charge is -2.15. The standard InChI is InChI=1S/C16H16Cl2N2O3S/c1-10(11-3-6-13(17)7-4-11)19-16(21)12-5-8-14(18)15(9-12)20-24(2,22)23/h3-10,20H,1-2H3,(H,19,21)/t10-/m0/s1. The van der Waals surface area contributed by atoms with Crippen molar-refractivity contribution >= 4 is 44.8 Å². The highest BCUT2D eigenvalue weighted by Gasteiger charge is 2.14. The highest BCUT2D eigenvalue weighted by molar-refractivity contribution is 7.92. The summed E-state index contributed by atoms with van der Waals surface area (Å²) in [6.07, 6.45) is 1.01. The van der Waals surface area contributed by atoms with E-state index in [0.29, 0.717) is 10.6 Å². The Balaban J connectivity index is 2.17. The minimum absolute atomic E-state index is 0.158. The van der Waals surface area contributed by atoms with E-state index in [2.05, 4.69) is 10.0 Å². The summed E-state index contributed by atoms with van der Waals surface area (Å²) < 4.78 is 25.0. The van der Waals surface area contributed by atoms with Gasteiger partial charge in [0.05, 0.1) is 23.0 Å². The maximum atomic E-state index is 12.4. The van der Waals surface area contributed by atoms with Gasteiger partial charge >= 0.3 is 0 Å². The first kappa shape index (κ1) is 18.6. The van der Waals surface area contributed by atoms with Crippen LogP contribution in [0.3, 0.4) is 0 Å². The van der Waals surface area contributed by atoms with Gasteiger partial charge in [0, 0.05) is 10.6 Å². The number of anilines is 1. The fraction of sp³-hybridized carbons (Fsp3) is 0.188. The molecule has 0 fully saturated rings. The fourth-order valence-electron chi connectivity index (χ4n) is 2.06. The van der Waals surface area contributed by atoms with E-state index in [4.69, 9.17) is 23.2 Å². The van der Waals surface area contributed by atoms with Crippen LogP contribution in [0.25, 0.3) is 0 Å². The monoisotopic (exact) mass is 386 g/mol. The molecular formula is C16H16Cl2N2O3S. The van der Waals surface area contributed by atoms with Crippen molar-refractivity contribution in [1.29, 1.82) is 0 Å². The highest BCUT2D eigenvalue weighted by Crippen LogP contribution is 2.24. The van der Waals surface area contributed by atoms with Crippen molar-refractivity contribution in [2.75, 3.05) is 11.0 Å². The summed E-state index contributed by atoms with van der Waals surface area (Å²) in [6.45, 7) is 1.84. The number of carbonyl (C=O) groups is 1. The van der Waals surface area contributed by atoms with E-state index in [-0.39, 0.29) is 22.7 Å². The third-order valence-electron chi connectivity index (χ3n) is 3.24. The minimum Gasteiger partial charge on any atom is -0.346 e. The second-order valence-corrected chi connectivity index (χ2v) is 7.91. The SMILES string of the molecule is C[C@H](NC(=O)c1ccc(Cl)c(NS(C)(=O)=O)c1)c1ccc(Cl)cc1. The summed E-state index contributed by atoms with van der Waals surface area (Å²) in [5.41, 5.74) is 1.36. The molecule has 0 aromatic heterocycles. The highest BCUT2D eigenvalue weighted by atomic mass is 35.5. The average Bonchev–Trinajstić information content (AvgIpc) is 2.48. The van der Waals surface area contributed by atoms with Crippen molar-refractivity contribution < 1.29 is 13.2 Å². The van der Waals surface area contributed by atoms with Crippen LogP contribution >= 0.6 is 23.2 Å². The van der Waals surface area contributed by atoms with Gasteiger partial charge in [-0.05, 0) is 42.8 Å². The Morgan fingerprint density at radius 3 is 2.29 bits per heavy atom. The van der Waals surface area contributed by atoms with Crippen molar-refractivity contribution in [3.05, 3.63) is 63.6 Å². The third-order valence-corrected chi connectivity index (χ3v) is 4.41. The van der Waals surface area contributed by atoms with Gasteiger partial charge in [-0.25, -0.2) is 8.42 Å². The molecule has 0 aliphatic heterocycles. The zero-order valence-electron chi connectivity index (χ0n) is 13.0. The van der Waals surface area contributed by atoms with Gasteiger partial charge in [-0.3, -0.25) is 9.52 Å². The first-order valence-electron chi connectivity index (χ1n) is 6.99. The molecule has 8 heteroatoms. The number of carbonyl (C=O) groups excluding carboxylic acids is 1. The summed E-state index contributed by atoms with van der Waals surface area (Å²) in [7, 11) is -3.49. The predicted molar refractivity (Wildman–Crippen MR) is 97.3 cm³/mol. The zero-order valence-corrected chi connectivity index (χ0v) is 15.3. The van der Waals surface area contributed by atoms with Crippen LogP contribution in [-0.4, -0.2) is 20.6 Å². The van der Waals surface area contributed by atoms with E-state index in [9.17, 15) is 13.2 Å². The molecule has 0 unspecified atom stereocenters. The van der Waals surface area contributed by atoms with Gasteiger partial charge in [-0.2, -0.15) is 0 Å². The number of benzene rings is 2. The lowest BCUT2D eigenvalue weighted by molar-refractivity contribution is 0.0940. The fourth-order valence-corrected chi connectivity index (χ4v) is 2.97. The normalized spacial score (nSPS) is 12.5. The van der Waals surface area contributed by atoms with Crippen LogP contribution in [0.5, 0.6) is 0 Å². The van der Waals surface area contributed by atoms with Crippen LogP contribution in [0.2, 0.25) is 10.0 Å². The summed E-state index contributed by atoms with van der Waals surface area (Å²) in [4.78, 5) is 12.4. The van der Waals surface area contributed by atoms with Gasteiger partial charge in [-0.1, -0.05) is 35.3 Å². The Morgan fingerprint density at radius 2 is 1.71 bits per heavy atom. The third kappa shape index (κ3) is 5.12. The first-order valence-corrected chi connectivity index (χ1v) is 9.64. The molecule has 0 aliphatic rings. The number of amides is 1. The number of hydrogen-bond acceptors (Lipinski definition) is 3. The molecular weight excluding hydrogens is 371 g/mol. The molecule has 0 radical (unpaired) electrons. The molecule has 128 valence electrons. The van der Waals surface area contributed by atoms with Gasteiger partial charge in [0.2, 0.25) is 10.0 Å². The molecule has 0 aliphatic carbocycles. The van der Waals surface area contributed by atoms with Crippen molar-refractivity contribution in [1.82, 2.24) is 5.32 Å². The first-order chi connectivity index (χ1) is 11.2. The molecule has 2 aromatic carbocycles. The quantitative estimate of drug-likeness (QED) is 0.818. The molecule has 0 heterocycles. The maximum Gasteiger partial charge on any atom is 0.251 e. The zero-order chi connectivity index (χ0) is 17.9. The second kappa shape index (κ2) is 7.42. The van der Waals surface area contributed by atoms with Crippen molar-refractivity contribution in [2.24, 2.45) is 0 Å². The Morgan fingerprint density at radius 1 is 1.08 bits per heavy atom. The van der Waals surface area contributed by atoms with Gasteiger partial charge in [0.25, 0.3) is 5.91 Å². The van der Waals surface area contributed by atoms with Crippen molar-refractivity contribution in [3.63, 3.8) is 0 Å². The molecule has 0 saturated carbocycles. The summed E-state index contributed by atoms with van der Waals surface area (Å²) >= 11 is 11.8. The Labute approximate surface area is 151 Å². The number of halogens is 2. The van der Waals surface area contributed by atoms with Crippen LogP contribution in [0.1, 0.15) is 28.9 Å². The largest absolute Gasteiger partial charge is 0.346 e. The van der Waals surface area contributed by atoms with Gasteiger partial charge in [0.15, 0.2) is 0 Å². The molecule has 0 bridgehead atoms. The van der Waals surface area contributed by atoms with Crippen LogP contribution < -0.4 is 10.0 Å². The maximum absolute atomic E-state index is 12.4. The average molecular weight is 387 g/mol. The summed E-state index contributed by atoms with van der Waals surface area (Å²) in [5.74, 6) is -0.342. The van der Waals surface area contributed by atoms with Crippen LogP contribution in [0, 0.1) is 0 Å². The predicted octanol–water partition coefficient (Wildman–Crippen LogP) is 3.86. The number of sulfonamides is 1. The van der Waals surface area contributed by atoms with Crippen LogP contribution in [0.4, 0.5) is 5.69 Å². The van der Waals surface area contributed by atoms with E-state index in [0.717, 1.165) is 11.8 Å². The number of nitrogens with one attached hydrogen (secondary N) is 2. The van der Waals surface area contributed by atoms with Gasteiger partial charge in [0.1, 0.15) is 0 Å². The van der Waals surface area contributed by atoms with Gasteiger partial charge < -0.3 is 5.32 Å². The Kier molecular flexibility index (Phi) is 5.74. The van der Waals surface area contributed by atoms with Gasteiger partial charge in [-0.15, -0.1) is 0 Å². The Hall–Kier alpha value is -1.76. The number of rotatable bonds is 5. The van der Waals surface area contributed by atoms with E-state index >= 15 is 0 Å². The molecule has 2 N–H and O–H groups in total. The minimum atomic E-state index is -3.49. The van der Waals surface area contributed by atoms with E-state index in [1.54, 1.807) is 12.1 Å².